The van der Waals surface area contributed by atoms with Crippen molar-refractivity contribution in [2.45, 2.75) is 38.5 Å². The molecule has 3 aliphatic rings. The van der Waals surface area contributed by atoms with Crippen molar-refractivity contribution in [3.63, 3.8) is 0 Å². The van der Waals surface area contributed by atoms with E-state index < -0.39 is 10.0 Å². The average Bonchev–Trinajstić information content (AvgIpc) is 2.80. The summed E-state index contributed by atoms with van der Waals surface area (Å²) in [6.45, 7) is 6.94. The fourth-order valence-electron chi connectivity index (χ4n) is 4.56. The first-order valence-corrected chi connectivity index (χ1v) is 12.6. The first-order chi connectivity index (χ1) is 15.7. The molecular formula is C25H29N3O4S. The SMILES string of the molecule is CCOc1ccc(S(=O)(=O)Nc2ccc(C(=O)N/N=C\C3=CC[C@@H]4C[C@H]3C4(C)C)cc2)cc1. The van der Waals surface area contributed by atoms with E-state index in [2.05, 4.69) is 35.2 Å². The molecule has 5 rings (SSSR count). The molecule has 0 saturated heterocycles. The van der Waals surface area contributed by atoms with Crippen molar-refractivity contribution < 1.29 is 17.9 Å². The molecule has 0 aliphatic heterocycles. The van der Waals surface area contributed by atoms with Crippen LogP contribution in [0, 0.1) is 17.3 Å². The third-order valence-corrected chi connectivity index (χ3v) is 8.13. The van der Waals surface area contributed by atoms with Gasteiger partial charge in [0.1, 0.15) is 5.75 Å². The maximum Gasteiger partial charge on any atom is 0.271 e. The molecule has 1 saturated carbocycles. The molecule has 2 aromatic carbocycles. The van der Waals surface area contributed by atoms with Crippen molar-refractivity contribution in [3.8, 4) is 5.75 Å². The first kappa shape index (κ1) is 23.0. The Hall–Kier alpha value is -3.13. The Balaban J connectivity index is 1.35. The molecule has 7 nitrogen and oxygen atoms in total. The van der Waals surface area contributed by atoms with E-state index in [1.54, 1.807) is 42.6 Å². The Morgan fingerprint density at radius 2 is 1.85 bits per heavy atom. The maximum atomic E-state index is 12.6. The highest BCUT2D eigenvalue weighted by Crippen LogP contribution is 2.58. The normalized spacial score (nSPS) is 21.1. The predicted octanol–water partition coefficient (Wildman–Crippen LogP) is 4.59. The summed E-state index contributed by atoms with van der Waals surface area (Å²) in [5.74, 6) is 1.50. The van der Waals surface area contributed by atoms with Gasteiger partial charge in [-0.15, -0.1) is 0 Å². The molecule has 2 bridgehead atoms. The van der Waals surface area contributed by atoms with E-state index in [0.29, 0.717) is 34.9 Å². The Labute approximate surface area is 195 Å². The summed E-state index contributed by atoms with van der Waals surface area (Å²) in [5, 5.41) is 4.14. The molecule has 2 atom stereocenters. The number of benzene rings is 2. The monoisotopic (exact) mass is 467 g/mol. The first-order valence-electron chi connectivity index (χ1n) is 11.1. The van der Waals surface area contributed by atoms with Crippen LogP contribution in [0.2, 0.25) is 0 Å². The van der Waals surface area contributed by atoms with Gasteiger partial charge in [0.15, 0.2) is 0 Å². The number of fused-ring (bicyclic) bond motifs is 1. The number of amides is 1. The lowest BCUT2D eigenvalue weighted by Gasteiger charge is -2.55. The molecule has 3 aliphatic carbocycles. The molecule has 8 heteroatoms. The number of rotatable bonds is 8. The van der Waals surface area contributed by atoms with Crippen molar-refractivity contribution in [2.24, 2.45) is 22.4 Å². The van der Waals surface area contributed by atoms with Crippen molar-refractivity contribution >= 4 is 27.8 Å². The molecule has 174 valence electrons. The Bertz CT molecular complexity index is 1180. The molecule has 0 aromatic heterocycles. The van der Waals surface area contributed by atoms with Crippen molar-refractivity contribution in [2.75, 3.05) is 11.3 Å². The molecule has 2 aromatic rings. The van der Waals surface area contributed by atoms with Crippen LogP contribution in [0.15, 0.2) is 70.2 Å². The van der Waals surface area contributed by atoms with Gasteiger partial charge in [-0.2, -0.15) is 5.10 Å². The Kier molecular flexibility index (Phi) is 6.30. The highest BCUT2D eigenvalue weighted by atomic mass is 32.2. The summed E-state index contributed by atoms with van der Waals surface area (Å²) in [7, 11) is -3.75. The predicted molar refractivity (Wildman–Crippen MR) is 129 cm³/mol. The lowest BCUT2D eigenvalue weighted by Crippen LogP contribution is -2.48. The second-order valence-electron chi connectivity index (χ2n) is 9.03. The lowest BCUT2D eigenvalue weighted by molar-refractivity contribution is -0.00126. The number of carbonyl (C=O) groups excluding carboxylic acids is 1. The number of allylic oxidation sites excluding steroid dienone is 2. The number of hydrazone groups is 1. The minimum Gasteiger partial charge on any atom is -0.494 e. The fourth-order valence-corrected chi connectivity index (χ4v) is 5.62. The van der Waals surface area contributed by atoms with Crippen LogP contribution in [0.5, 0.6) is 5.75 Å². The topological polar surface area (TPSA) is 96.9 Å². The van der Waals surface area contributed by atoms with Crippen LogP contribution in [-0.2, 0) is 10.0 Å². The highest BCUT2D eigenvalue weighted by Gasteiger charge is 2.50. The molecule has 2 N–H and O–H groups in total. The van der Waals surface area contributed by atoms with Crippen LogP contribution in [0.25, 0.3) is 0 Å². The molecule has 0 heterocycles. The number of nitrogens with zero attached hydrogens (tertiary/aromatic N) is 1. The van der Waals surface area contributed by atoms with Gasteiger partial charge >= 0.3 is 0 Å². The van der Waals surface area contributed by atoms with E-state index >= 15 is 0 Å². The summed E-state index contributed by atoms with van der Waals surface area (Å²) in [4.78, 5) is 12.5. The van der Waals surface area contributed by atoms with Gasteiger partial charge in [0.2, 0.25) is 0 Å². The summed E-state index contributed by atoms with van der Waals surface area (Å²) >= 11 is 0. The van der Waals surface area contributed by atoms with Crippen LogP contribution in [-0.4, -0.2) is 27.1 Å². The molecule has 1 fully saturated rings. The molecule has 0 radical (unpaired) electrons. The van der Waals surface area contributed by atoms with Gasteiger partial charge in [-0.1, -0.05) is 19.9 Å². The van der Waals surface area contributed by atoms with Gasteiger partial charge in [0, 0.05) is 11.3 Å². The van der Waals surface area contributed by atoms with Crippen LogP contribution in [0.3, 0.4) is 0 Å². The van der Waals surface area contributed by atoms with Gasteiger partial charge in [0.05, 0.1) is 17.7 Å². The quantitative estimate of drug-likeness (QED) is 0.438. The van der Waals surface area contributed by atoms with Crippen molar-refractivity contribution in [1.29, 1.82) is 0 Å². The lowest BCUT2D eigenvalue weighted by atomic mass is 9.49. The minimum atomic E-state index is -3.75. The Morgan fingerprint density at radius 1 is 1.15 bits per heavy atom. The van der Waals surface area contributed by atoms with Crippen molar-refractivity contribution in [3.05, 3.63) is 65.7 Å². The highest BCUT2D eigenvalue weighted by molar-refractivity contribution is 7.92. The zero-order chi connectivity index (χ0) is 23.6. The van der Waals surface area contributed by atoms with E-state index in [1.807, 2.05) is 6.92 Å². The summed E-state index contributed by atoms with van der Waals surface area (Å²) in [5.41, 5.74) is 4.79. The molecule has 0 spiro atoms. The van der Waals surface area contributed by atoms with Crippen LogP contribution >= 0.6 is 0 Å². The minimum absolute atomic E-state index is 0.125. The second kappa shape index (κ2) is 9.02. The zero-order valence-corrected chi connectivity index (χ0v) is 19.9. The molecule has 0 unspecified atom stereocenters. The van der Waals surface area contributed by atoms with Gasteiger partial charge in [0.25, 0.3) is 15.9 Å². The van der Waals surface area contributed by atoms with Gasteiger partial charge in [-0.25, -0.2) is 13.8 Å². The zero-order valence-electron chi connectivity index (χ0n) is 19.0. The van der Waals surface area contributed by atoms with Gasteiger partial charge < -0.3 is 4.74 Å². The van der Waals surface area contributed by atoms with Crippen LogP contribution in [0.4, 0.5) is 5.69 Å². The van der Waals surface area contributed by atoms with E-state index in [-0.39, 0.29) is 10.8 Å². The summed E-state index contributed by atoms with van der Waals surface area (Å²) in [6, 6.07) is 12.4. The van der Waals surface area contributed by atoms with E-state index in [4.69, 9.17) is 4.74 Å². The maximum absolute atomic E-state index is 12.6. The summed E-state index contributed by atoms with van der Waals surface area (Å²) < 4.78 is 33.1. The summed E-state index contributed by atoms with van der Waals surface area (Å²) in [6.07, 6.45) is 6.21. The number of sulfonamides is 1. The van der Waals surface area contributed by atoms with Crippen LogP contribution in [0.1, 0.15) is 44.0 Å². The number of hydrogen-bond donors (Lipinski definition) is 2. The van der Waals surface area contributed by atoms with Crippen molar-refractivity contribution in [1.82, 2.24) is 5.43 Å². The molecule has 33 heavy (non-hydrogen) atoms. The van der Waals surface area contributed by atoms with E-state index in [0.717, 1.165) is 12.3 Å². The number of nitrogens with one attached hydrogen (secondary N) is 2. The number of hydrogen-bond acceptors (Lipinski definition) is 5. The third kappa shape index (κ3) is 4.80. The van der Waals surface area contributed by atoms with Crippen LogP contribution < -0.4 is 14.9 Å². The van der Waals surface area contributed by atoms with E-state index in [1.165, 1.54) is 24.1 Å². The van der Waals surface area contributed by atoms with Gasteiger partial charge in [-0.3, -0.25) is 9.52 Å². The average molecular weight is 468 g/mol. The number of carbonyl (C=O) groups is 1. The number of anilines is 1. The molecular weight excluding hydrogens is 438 g/mol. The Morgan fingerprint density at radius 3 is 2.45 bits per heavy atom. The van der Waals surface area contributed by atoms with Gasteiger partial charge in [-0.05, 0) is 91.1 Å². The van der Waals surface area contributed by atoms with E-state index in [9.17, 15) is 13.2 Å². The number of ether oxygens (including phenoxy) is 1. The fraction of sp³-hybridized carbons (Fsp3) is 0.360. The largest absolute Gasteiger partial charge is 0.494 e. The molecule has 1 amide bonds. The standard InChI is InChI=1S/C25H29N3O4S/c1-4-32-21-11-13-22(14-12-21)33(30,31)28-20-9-6-17(7-10-20)24(29)27-26-16-18-5-8-19-15-23(18)25(19,2)3/h5-7,9-14,16,19,23,28H,4,8,15H2,1-3H3,(H,27,29)/b26-16-/t19-,23-/m1/s1. The smallest absolute Gasteiger partial charge is 0.271 e. The third-order valence-electron chi connectivity index (χ3n) is 6.74. The second-order valence-corrected chi connectivity index (χ2v) is 10.7.